The Labute approximate surface area is 156 Å². The minimum absolute atomic E-state index is 0.0540. The number of aromatic carboxylic acids is 1. The second-order valence-electron chi connectivity index (χ2n) is 6.10. The van der Waals surface area contributed by atoms with Crippen LogP contribution in [0.3, 0.4) is 0 Å². The van der Waals surface area contributed by atoms with Gasteiger partial charge in [0.15, 0.2) is 0 Å². The largest absolute Gasteiger partial charge is 0.497 e. The van der Waals surface area contributed by atoms with E-state index in [1.807, 2.05) is 36.4 Å². The maximum Gasteiger partial charge on any atom is 0.337 e. The van der Waals surface area contributed by atoms with E-state index >= 15 is 0 Å². The van der Waals surface area contributed by atoms with Crippen molar-refractivity contribution < 1.29 is 19.4 Å². The zero-order valence-corrected chi connectivity index (χ0v) is 15.0. The number of methoxy groups -OCH3 is 1. The monoisotopic (exact) mass is 361 g/mol. The van der Waals surface area contributed by atoms with Crippen LogP contribution in [0.1, 0.15) is 22.8 Å². The minimum atomic E-state index is -1.09. The molecular formula is C22H19NO4. The highest BCUT2D eigenvalue weighted by molar-refractivity contribution is 6.09. The van der Waals surface area contributed by atoms with Gasteiger partial charge in [-0.2, -0.15) is 0 Å². The molecule has 2 N–H and O–H groups in total. The van der Waals surface area contributed by atoms with Gasteiger partial charge in [0.2, 0.25) is 0 Å². The predicted molar refractivity (Wildman–Crippen MR) is 106 cm³/mol. The number of nitrogens with one attached hydrogen (secondary N) is 1. The summed E-state index contributed by atoms with van der Waals surface area (Å²) in [7, 11) is 1.63. The molecule has 0 saturated heterocycles. The van der Waals surface area contributed by atoms with Gasteiger partial charge in [-0.1, -0.05) is 30.3 Å². The van der Waals surface area contributed by atoms with Crippen LogP contribution in [0.2, 0.25) is 0 Å². The van der Waals surface area contributed by atoms with E-state index in [0.29, 0.717) is 5.57 Å². The first-order valence-corrected chi connectivity index (χ1v) is 8.37. The van der Waals surface area contributed by atoms with E-state index in [2.05, 4.69) is 5.32 Å². The van der Waals surface area contributed by atoms with Crippen molar-refractivity contribution in [2.75, 3.05) is 12.4 Å². The highest BCUT2D eigenvalue weighted by Crippen LogP contribution is 2.23. The average Bonchev–Trinajstić information content (AvgIpc) is 2.67. The molecular weight excluding hydrogens is 342 g/mol. The number of amides is 1. The maximum absolute atomic E-state index is 12.4. The van der Waals surface area contributed by atoms with Crippen molar-refractivity contribution in [3.05, 3.63) is 77.4 Å². The number of ether oxygens (including phenoxy) is 1. The molecule has 0 fully saturated rings. The van der Waals surface area contributed by atoms with E-state index in [4.69, 9.17) is 4.74 Å². The van der Waals surface area contributed by atoms with E-state index in [1.54, 1.807) is 38.3 Å². The van der Waals surface area contributed by atoms with Gasteiger partial charge in [-0.15, -0.1) is 0 Å². The number of carboxylic acid groups (broad SMARTS) is 1. The lowest BCUT2D eigenvalue weighted by atomic mass is 10.0. The fourth-order valence-electron chi connectivity index (χ4n) is 2.77. The van der Waals surface area contributed by atoms with Crippen LogP contribution in [-0.2, 0) is 4.79 Å². The molecule has 3 rings (SSSR count). The van der Waals surface area contributed by atoms with Crippen molar-refractivity contribution in [1.82, 2.24) is 0 Å². The third-order valence-corrected chi connectivity index (χ3v) is 4.22. The molecule has 0 radical (unpaired) electrons. The predicted octanol–water partition coefficient (Wildman–Crippen LogP) is 4.59. The number of rotatable bonds is 5. The lowest BCUT2D eigenvalue weighted by Gasteiger charge is -2.09. The molecule has 0 bridgehead atoms. The number of benzene rings is 3. The van der Waals surface area contributed by atoms with Gasteiger partial charge in [0, 0.05) is 5.57 Å². The molecule has 3 aromatic rings. The molecule has 5 heteroatoms. The van der Waals surface area contributed by atoms with Crippen molar-refractivity contribution in [2.45, 2.75) is 6.92 Å². The second kappa shape index (κ2) is 7.74. The van der Waals surface area contributed by atoms with E-state index in [9.17, 15) is 14.7 Å². The zero-order valence-electron chi connectivity index (χ0n) is 15.0. The summed E-state index contributed by atoms with van der Waals surface area (Å²) in [5.41, 5.74) is 1.68. The molecule has 0 atom stereocenters. The van der Waals surface area contributed by atoms with Gasteiger partial charge in [-0.3, -0.25) is 4.79 Å². The molecule has 1 amide bonds. The van der Waals surface area contributed by atoms with Gasteiger partial charge in [0.05, 0.1) is 18.4 Å². The van der Waals surface area contributed by atoms with Crippen LogP contribution in [0.4, 0.5) is 5.69 Å². The molecule has 0 aliphatic heterocycles. The van der Waals surface area contributed by atoms with Crippen molar-refractivity contribution >= 4 is 34.4 Å². The zero-order chi connectivity index (χ0) is 19.4. The number of hydrogen-bond acceptors (Lipinski definition) is 3. The molecule has 5 nitrogen and oxygen atoms in total. The Morgan fingerprint density at radius 1 is 1.00 bits per heavy atom. The molecule has 0 unspecified atom stereocenters. The minimum Gasteiger partial charge on any atom is -0.497 e. The molecule has 27 heavy (non-hydrogen) atoms. The summed E-state index contributed by atoms with van der Waals surface area (Å²) in [6.07, 6.45) is 1.77. The summed E-state index contributed by atoms with van der Waals surface area (Å²) in [4.78, 5) is 23.7. The van der Waals surface area contributed by atoms with E-state index in [-0.39, 0.29) is 17.2 Å². The standard InChI is InChI=1S/C22H19NO4/c1-14(21(24)23-20-6-4-3-5-19(20)22(25)26)11-15-7-8-17-13-18(27-2)10-9-16(17)12-15/h3-13H,1-2H3,(H,23,24)(H,25,26)/b14-11+. The topological polar surface area (TPSA) is 75.6 Å². The Morgan fingerprint density at radius 2 is 1.70 bits per heavy atom. The Balaban J connectivity index is 1.83. The summed E-state index contributed by atoms with van der Waals surface area (Å²) < 4.78 is 5.22. The molecule has 136 valence electrons. The van der Waals surface area contributed by atoms with Gasteiger partial charge < -0.3 is 15.2 Å². The molecule has 0 aromatic heterocycles. The number of anilines is 1. The van der Waals surface area contributed by atoms with Crippen molar-refractivity contribution in [3.63, 3.8) is 0 Å². The third-order valence-electron chi connectivity index (χ3n) is 4.22. The van der Waals surface area contributed by atoms with Crippen LogP contribution in [0, 0.1) is 0 Å². The molecule has 0 saturated carbocycles. The van der Waals surface area contributed by atoms with Gasteiger partial charge in [0.25, 0.3) is 5.91 Å². The maximum atomic E-state index is 12.4. The van der Waals surface area contributed by atoms with Crippen LogP contribution in [-0.4, -0.2) is 24.1 Å². The van der Waals surface area contributed by atoms with Gasteiger partial charge in [0.1, 0.15) is 5.75 Å². The van der Waals surface area contributed by atoms with E-state index < -0.39 is 5.97 Å². The molecule has 3 aromatic carbocycles. The van der Waals surface area contributed by atoms with Crippen LogP contribution in [0.15, 0.2) is 66.2 Å². The number of carbonyl (C=O) groups is 2. The Morgan fingerprint density at radius 3 is 2.44 bits per heavy atom. The van der Waals surface area contributed by atoms with Gasteiger partial charge in [-0.05, 0) is 59.7 Å². The highest BCUT2D eigenvalue weighted by atomic mass is 16.5. The molecule has 0 aliphatic carbocycles. The average molecular weight is 361 g/mol. The first-order valence-electron chi connectivity index (χ1n) is 8.37. The molecule has 0 heterocycles. The lowest BCUT2D eigenvalue weighted by molar-refractivity contribution is -0.112. The third kappa shape index (κ3) is 4.15. The highest BCUT2D eigenvalue weighted by Gasteiger charge is 2.12. The SMILES string of the molecule is COc1ccc2cc(/C=C(\C)C(=O)Nc3ccccc3C(=O)O)ccc2c1. The molecule has 0 spiro atoms. The van der Waals surface area contributed by atoms with Crippen molar-refractivity contribution in [2.24, 2.45) is 0 Å². The van der Waals surface area contributed by atoms with Crippen LogP contribution in [0.25, 0.3) is 16.8 Å². The Hall–Kier alpha value is -3.60. The smallest absolute Gasteiger partial charge is 0.337 e. The summed E-state index contributed by atoms with van der Waals surface area (Å²) in [5, 5.41) is 14.0. The number of para-hydroxylation sites is 1. The summed E-state index contributed by atoms with van der Waals surface area (Å²) >= 11 is 0. The lowest BCUT2D eigenvalue weighted by Crippen LogP contribution is -2.15. The van der Waals surface area contributed by atoms with Crippen LogP contribution >= 0.6 is 0 Å². The normalized spacial score (nSPS) is 11.3. The number of fused-ring (bicyclic) bond motifs is 1. The Bertz CT molecular complexity index is 1050. The second-order valence-corrected chi connectivity index (χ2v) is 6.10. The number of hydrogen-bond donors (Lipinski definition) is 2. The Kier molecular flexibility index (Phi) is 5.22. The van der Waals surface area contributed by atoms with Gasteiger partial charge >= 0.3 is 5.97 Å². The first-order chi connectivity index (χ1) is 13.0. The van der Waals surface area contributed by atoms with Crippen LogP contribution < -0.4 is 10.1 Å². The quantitative estimate of drug-likeness (QED) is 0.652. The number of carboxylic acids is 1. The summed E-state index contributed by atoms with van der Waals surface area (Å²) in [6.45, 7) is 1.69. The summed E-state index contributed by atoms with van der Waals surface area (Å²) in [5.74, 6) is -0.644. The van der Waals surface area contributed by atoms with Gasteiger partial charge in [-0.25, -0.2) is 4.79 Å². The number of carbonyl (C=O) groups excluding carboxylic acids is 1. The fraction of sp³-hybridized carbons (Fsp3) is 0.0909. The van der Waals surface area contributed by atoms with E-state index in [0.717, 1.165) is 22.1 Å². The van der Waals surface area contributed by atoms with Crippen LogP contribution in [0.5, 0.6) is 5.75 Å². The van der Waals surface area contributed by atoms with Crippen molar-refractivity contribution in [3.8, 4) is 5.75 Å². The molecule has 0 aliphatic rings. The fourth-order valence-corrected chi connectivity index (χ4v) is 2.77. The summed E-state index contributed by atoms with van der Waals surface area (Å²) in [6, 6.07) is 18.0. The van der Waals surface area contributed by atoms with Crippen molar-refractivity contribution in [1.29, 1.82) is 0 Å². The first kappa shape index (κ1) is 18.2. The van der Waals surface area contributed by atoms with E-state index in [1.165, 1.54) is 6.07 Å².